The van der Waals surface area contributed by atoms with E-state index in [1.807, 2.05) is 0 Å². The Bertz CT molecular complexity index is 575. The van der Waals surface area contributed by atoms with E-state index in [2.05, 4.69) is 5.32 Å². The van der Waals surface area contributed by atoms with E-state index >= 15 is 0 Å². The van der Waals surface area contributed by atoms with E-state index in [4.69, 9.17) is 10.00 Å². The topological polar surface area (TPSA) is 105 Å². The molecule has 20 heavy (non-hydrogen) atoms. The summed E-state index contributed by atoms with van der Waals surface area (Å²) in [5.41, 5.74) is -1.28. The molecular formula is C13H15N3O4. The predicted molar refractivity (Wildman–Crippen MR) is 71.2 cm³/mol. The molecule has 0 aromatic heterocycles. The fourth-order valence-corrected chi connectivity index (χ4v) is 1.57. The molecule has 0 saturated carbocycles. The number of nitrogens with zero attached hydrogens (tertiary/aromatic N) is 2. The quantitative estimate of drug-likeness (QED) is 0.650. The first-order valence-corrected chi connectivity index (χ1v) is 5.86. The molecule has 0 atom stereocenters. The summed E-state index contributed by atoms with van der Waals surface area (Å²) in [6.07, 6.45) is 0. The Hall–Kier alpha value is -2.62. The lowest BCUT2D eigenvalue weighted by atomic mass is 9.94. The Morgan fingerprint density at radius 3 is 2.70 bits per heavy atom. The molecule has 0 aliphatic heterocycles. The molecule has 7 nitrogen and oxygen atoms in total. The zero-order valence-corrected chi connectivity index (χ0v) is 11.5. The minimum Gasteiger partial charge on any atom is -0.491 e. The number of hydrogen-bond donors (Lipinski definition) is 1. The Morgan fingerprint density at radius 1 is 1.55 bits per heavy atom. The number of carbonyl (C=O) groups excluding carboxylic acids is 1. The maximum atomic E-state index is 11.6. The van der Waals surface area contributed by atoms with Gasteiger partial charge >= 0.3 is 0 Å². The molecule has 1 amide bonds. The number of nitro benzene ring substituents is 1. The maximum Gasteiger partial charge on any atom is 0.290 e. The number of carbonyl (C=O) groups is 1. The van der Waals surface area contributed by atoms with Gasteiger partial charge in [0, 0.05) is 13.1 Å². The standard InChI is InChI=1S/C13H15N3O4/c1-13(2,12(17)15-3)8-20-11-6-4-5-10(16(18)19)9(11)7-14/h4-6H,8H2,1-3H3,(H,15,17). The molecule has 0 spiro atoms. The third kappa shape index (κ3) is 3.23. The molecule has 0 aliphatic rings. The second-order valence-corrected chi connectivity index (χ2v) is 4.77. The van der Waals surface area contributed by atoms with Gasteiger partial charge in [-0.05, 0) is 19.9 Å². The molecular weight excluding hydrogens is 262 g/mol. The van der Waals surface area contributed by atoms with Crippen molar-refractivity contribution in [3.05, 3.63) is 33.9 Å². The molecule has 7 heteroatoms. The second kappa shape index (κ2) is 6.02. The fraction of sp³-hybridized carbons (Fsp3) is 0.385. The van der Waals surface area contributed by atoms with Gasteiger partial charge < -0.3 is 10.1 Å². The van der Waals surface area contributed by atoms with E-state index < -0.39 is 10.3 Å². The van der Waals surface area contributed by atoms with Gasteiger partial charge in [0.1, 0.15) is 18.4 Å². The number of nitriles is 1. The number of nitrogens with one attached hydrogen (secondary N) is 1. The van der Waals surface area contributed by atoms with Gasteiger partial charge in [0.2, 0.25) is 5.91 Å². The van der Waals surface area contributed by atoms with Crippen LogP contribution in [0.15, 0.2) is 18.2 Å². The lowest BCUT2D eigenvalue weighted by Crippen LogP contribution is -2.39. The van der Waals surface area contributed by atoms with Gasteiger partial charge in [-0.15, -0.1) is 0 Å². The largest absolute Gasteiger partial charge is 0.491 e. The number of benzene rings is 1. The van der Waals surface area contributed by atoms with Crippen molar-refractivity contribution < 1.29 is 14.5 Å². The van der Waals surface area contributed by atoms with Crippen LogP contribution in [0.25, 0.3) is 0 Å². The highest BCUT2D eigenvalue weighted by Gasteiger charge is 2.28. The third-order valence-corrected chi connectivity index (χ3v) is 2.74. The van der Waals surface area contributed by atoms with Gasteiger partial charge in [0.05, 0.1) is 10.3 Å². The highest BCUT2D eigenvalue weighted by molar-refractivity contribution is 5.81. The molecule has 1 rings (SSSR count). The van der Waals surface area contributed by atoms with E-state index in [0.717, 1.165) is 0 Å². The van der Waals surface area contributed by atoms with Crippen LogP contribution in [0.3, 0.4) is 0 Å². The van der Waals surface area contributed by atoms with Crippen molar-refractivity contribution in [3.8, 4) is 11.8 Å². The summed E-state index contributed by atoms with van der Waals surface area (Å²) in [6.45, 7) is 3.35. The first-order valence-electron chi connectivity index (χ1n) is 5.86. The molecule has 0 radical (unpaired) electrons. The molecule has 0 heterocycles. The SMILES string of the molecule is CNC(=O)C(C)(C)COc1cccc([N+](=O)[O-])c1C#N. The molecule has 0 bridgehead atoms. The van der Waals surface area contributed by atoms with Crippen LogP contribution in [0.2, 0.25) is 0 Å². The first kappa shape index (κ1) is 15.4. The first-order chi connectivity index (χ1) is 9.33. The lowest BCUT2D eigenvalue weighted by molar-refractivity contribution is -0.385. The average molecular weight is 277 g/mol. The van der Waals surface area contributed by atoms with E-state index in [-0.39, 0.29) is 29.5 Å². The minimum absolute atomic E-state index is 0.00250. The number of rotatable bonds is 5. The van der Waals surface area contributed by atoms with Gasteiger partial charge in [-0.1, -0.05) is 6.07 Å². The monoisotopic (exact) mass is 277 g/mol. The summed E-state index contributed by atoms with van der Waals surface area (Å²) in [6, 6.07) is 5.88. The Labute approximate surface area is 116 Å². The van der Waals surface area contributed by atoms with E-state index in [9.17, 15) is 14.9 Å². The highest BCUT2D eigenvalue weighted by atomic mass is 16.6. The average Bonchev–Trinajstić information content (AvgIpc) is 2.43. The van der Waals surface area contributed by atoms with Crippen LogP contribution in [0.5, 0.6) is 5.75 Å². The van der Waals surface area contributed by atoms with Gasteiger partial charge in [-0.2, -0.15) is 5.26 Å². The summed E-state index contributed by atoms with van der Waals surface area (Å²) in [5.74, 6) is -0.125. The molecule has 0 aliphatic carbocycles. The molecule has 1 aromatic rings. The van der Waals surface area contributed by atoms with Gasteiger partial charge in [0.15, 0.2) is 5.56 Å². The Balaban J connectivity index is 3.00. The molecule has 1 N–H and O–H groups in total. The maximum absolute atomic E-state index is 11.6. The zero-order chi connectivity index (χ0) is 15.3. The summed E-state index contributed by atoms with van der Waals surface area (Å²) in [5, 5.41) is 22.4. The smallest absolute Gasteiger partial charge is 0.290 e. The summed E-state index contributed by atoms with van der Waals surface area (Å²) in [4.78, 5) is 21.8. The van der Waals surface area contributed by atoms with Gasteiger partial charge in [0.25, 0.3) is 5.69 Å². The van der Waals surface area contributed by atoms with Crippen molar-refractivity contribution in [3.63, 3.8) is 0 Å². The van der Waals surface area contributed by atoms with Crippen molar-refractivity contribution in [2.45, 2.75) is 13.8 Å². The van der Waals surface area contributed by atoms with Crippen LogP contribution < -0.4 is 10.1 Å². The van der Waals surface area contributed by atoms with Crippen LogP contribution in [0, 0.1) is 26.9 Å². The Morgan fingerprint density at radius 2 is 2.20 bits per heavy atom. The summed E-state index contributed by atoms with van der Waals surface area (Å²) < 4.78 is 5.42. The lowest BCUT2D eigenvalue weighted by Gasteiger charge is -2.22. The van der Waals surface area contributed by atoms with Crippen molar-refractivity contribution in [2.75, 3.05) is 13.7 Å². The number of nitro groups is 1. The number of ether oxygens (including phenoxy) is 1. The molecule has 106 valence electrons. The Kier molecular flexibility index (Phi) is 4.64. The van der Waals surface area contributed by atoms with Crippen molar-refractivity contribution in [2.24, 2.45) is 5.41 Å². The van der Waals surface area contributed by atoms with E-state index in [0.29, 0.717) is 0 Å². The third-order valence-electron chi connectivity index (χ3n) is 2.74. The van der Waals surface area contributed by atoms with Gasteiger partial charge in [-0.25, -0.2) is 0 Å². The van der Waals surface area contributed by atoms with Crippen molar-refractivity contribution in [1.29, 1.82) is 5.26 Å². The summed E-state index contributed by atoms with van der Waals surface area (Å²) in [7, 11) is 1.51. The fourth-order valence-electron chi connectivity index (χ4n) is 1.57. The van der Waals surface area contributed by atoms with E-state index in [1.165, 1.54) is 25.2 Å². The normalized spacial score (nSPS) is 10.5. The van der Waals surface area contributed by atoms with Crippen LogP contribution in [-0.2, 0) is 4.79 Å². The summed E-state index contributed by atoms with van der Waals surface area (Å²) >= 11 is 0. The molecule has 0 fully saturated rings. The van der Waals surface area contributed by atoms with Crippen LogP contribution >= 0.6 is 0 Å². The zero-order valence-electron chi connectivity index (χ0n) is 11.5. The molecule has 1 aromatic carbocycles. The number of amides is 1. The highest BCUT2D eigenvalue weighted by Crippen LogP contribution is 2.28. The van der Waals surface area contributed by atoms with Gasteiger partial charge in [-0.3, -0.25) is 14.9 Å². The second-order valence-electron chi connectivity index (χ2n) is 4.77. The number of hydrogen-bond acceptors (Lipinski definition) is 5. The minimum atomic E-state index is -0.813. The van der Waals surface area contributed by atoms with E-state index in [1.54, 1.807) is 19.9 Å². The van der Waals surface area contributed by atoms with Crippen molar-refractivity contribution >= 4 is 11.6 Å². The van der Waals surface area contributed by atoms with Crippen molar-refractivity contribution in [1.82, 2.24) is 5.32 Å². The van der Waals surface area contributed by atoms with Crippen LogP contribution in [0.4, 0.5) is 5.69 Å². The molecule has 0 saturated heterocycles. The predicted octanol–water partition coefficient (Wildman–Crippen LogP) is 1.62. The van der Waals surface area contributed by atoms with Crippen LogP contribution in [0.1, 0.15) is 19.4 Å². The van der Waals surface area contributed by atoms with Crippen LogP contribution in [-0.4, -0.2) is 24.5 Å². The molecule has 0 unspecified atom stereocenters.